The molecule has 0 spiro atoms. The molecule has 0 amide bonds. The van der Waals surface area contributed by atoms with Crippen molar-refractivity contribution in [2.45, 2.75) is 8.80 Å². The third-order valence-electron chi connectivity index (χ3n) is 2.22. The summed E-state index contributed by atoms with van der Waals surface area (Å²) in [6.45, 7) is 0. The minimum atomic E-state index is 0.386. The molecule has 2 aromatic carbocycles. The number of fused-ring (bicyclic) bond motifs is 1. The first-order chi connectivity index (χ1) is 7.92. The Morgan fingerprint density at radius 1 is 0.875 bits per heavy atom. The maximum absolute atomic E-state index is 4.65. The van der Waals surface area contributed by atoms with Gasteiger partial charge in [-0.15, -0.1) is 0 Å². The Balaban J connectivity index is 1.95. The minimum absolute atomic E-state index is 0.386. The second-order valence-electron chi connectivity index (χ2n) is 3.36. The fraction of sp³-hybridized carbons (Fsp3) is 0. The summed E-state index contributed by atoms with van der Waals surface area (Å²) in [6, 6.07) is 18.8. The monoisotopic (exact) mass is 291 g/mol. The molecule has 0 saturated carbocycles. The van der Waals surface area contributed by atoms with E-state index in [1.54, 1.807) is 11.8 Å². The average molecular weight is 290 g/mol. The van der Waals surface area contributed by atoms with Crippen LogP contribution in [-0.4, -0.2) is 19.5 Å². The quantitative estimate of drug-likeness (QED) is 0.671. The third kappa shape index (κ3) is 2.07. The maximum atomic E-state index is 4.65. The first-order valence-corrected chi connectivity index (χ1v) is 7.53. The van der Waals surface area contributed by atoms with Crippen LogP contribution in [0.3, 0.4) is 0 Å². The van der Waals surface area contributed by atoms with Crippen LogP contribution in [0.4, 0.5) is 0 Å². The molecule has 1 nitrogen and oxygen atoms in total. The van der Waals surface area contributed by atoms with Crippen LogP contribution in [0.1, 0.15) is 0 Å². The van der Waals surface area contributed by atoms with E-state index in [1.807, 2.05) is 6.07 Å². The van der Waals surface area contributed by atoms with Crippen molar-refractivity contribution in [1.29, 1.82) is 0 Å². The normalized spacial score (nSPS) is 10.8. The number of nitrogens with zero attached hydrogens (tertiary/aromatic N) is 1. The van der Waals surface area contributed by atoms with Crippen molar-refractivity contribution >= 4 is 36.0 Å². The number of hydrogen-bond acceptors (Lipinski definition) is 2. The van der Waals surface area contributed by atoms with Crippen LogP contribution in [-0.2, 0) is 0 Å². The summed E-state index contributed by atoms with van der Waals surface area (Å²) in [5.74, 6) is 0. The van der Waals surface area contributed by atoms with E-state index in [0.717, 1.165) is 5.52 Å². The molecule has 0 unspecified atom stereocenters. The van der Waals surface area contributed by atoms with Crippen molar-refractivity contribution in [1.82, 2.24) is 4.98 Å². The van der Waals surface area contributed by atoms with Crippen molar-refractivity contribution in [2.24, 2.45) is 0 Å². The zero-order valence-corrected chi connectivity index (χ0v) is 11.0. The fourth-order valence-electron chi connectivity index (χ4n) is 1.48. The summed E-state index contributed by atoms with van der Waals surface area (Å²) >= 11 is 2.17. The average Bonchev–Trinajstić information content (AvgIpc) is 2.72. The molecule has 1 aromatic heterocycles. The van der Waals surface area contributed by atoms with Gasteiger partial charge in [-0.1, -0.05) is 0 Å². The van der Waals surface area contributed by atoms with Crippen LogP contribution in [0.15, 0.2) is 63.4 Å². The molecule has 0 bridgehead atoms. The Morgan fingerprint density at radius 2 is 1.62 bits per heavy atom. The van der Waals surface area contributed by atoms with Gasteiger partial charge < -0.3 is 0 Å². The molecule has 0 saturated heterocycles. The molecule has 0 fully saturated rings. The van der Waals surface area contributed by atoms with Crippen LogP contribution in [0.2, 0.25) is 0 Å². The van der Waals surface area contributed by atoms with Gasteiger partial charge in [-0.25, -0.2) is 0 Å². The summed E-state index contributed by atoms with van der Waals surface area (Å²) in [7, 11) is 0. The van der Waals surface area contributed by atoms with E-state index < -0.39 is 0 Å². The van der Waals surface area contributed by atoms with Gasteiger partial charge in [0.2, 0.25) is 0 Å². The number of hydrogen-bond donors (Lipinski definition) is 0. The van der Waals surface area contributed by atoms with E-state index >= 15 is 0 Å². The molecule has 1 heterocycles. The fourth-order valence-corrected chi connectivity index (χ4v) is 4.96. The van der Waals surface area contributed by atoms with E-state index in [4.69, 9.17) is 0 Å². The molecular formula is C13H9NSSe. The summed E-state index contributed by atoms with van der Waals surface area (Å²) < 4.78 is 2.65. The van der Waals surface area contributed by atoms with Gasteiger partial charge in [-0.3, -0.25) is 0 Å². The van der Waals surface area contributed by atoms with Crippen molar-refractivity contribution < 1.29 is 0 Å². The van der Waals surface area contributed by atoms with Crippen LogP contribution in [0.25, 0.3) is 9.78 Å². The topological polar surface area (TPSA) is 12.9 Å². The zero-order valence-electron chi connectivity index (χ0n) is 8.46. The molecule has 16 heavy (non-hydrogen) atoms. The van der Waals surface area contributed by atoms with E-state index in [-0.39, 0.29) is 0 Å². The molecular weight excluding hydrogens is 281 g/mol. The van der Waals surface area contributed by atoms with Crippen LogP contribution >= 0.6 is 11.8 Å². The molecule has 0 aliphatic heterocycles. The molecule has 0 atom stereocenters. The first kappa shape index (κ1) is 10.2. The second-order valence-corrected chi connectivity index (χ2v) is 7.17. The Bertz CT molecular complexity index is 570. The molecule has 3 heteroatoms. The first-order valence-electron chi connectivity index (χ1n) is 5.00. The number of aromatic nitrogens is 1. The Kier molecular flexibility index (Phi) is 2.83. The van der Waals surface area contributed by atoms with E-state index in [9.17, 15) is 0 Å². The van der Waals surface area contributed by atoms with Crippen molar-refractivity contribution in [2.75, 3.05) is 0 Å². The summed E-state index contributed by atoms with van der Waals surface area (Å²) in [5.41, 5.74) is 1.15. The Labute approximate surface area is 104 Å². The molecule has 0 radical (unpaired) electrons. The van der Waals surface area contributed by atoms with Gasteiger partial charge >= 0.3 is 104 Å². The van der Waals surface area contributed by atoms with E-state index in [2.05, 4.69) is 53.5 Å². The molecule has 78 valence electrons. The van der Waals surface area contributed by atoms with Crippen LogP contribution in [0.5, 0.6) is 0 Å². The molecule has 3 aromatic rings. The van der Waals surface area contributed by atoms with Gasteiger partial charge in [-0.2, -0.15) is 0 Å². The molecule has 0 aliphatic carbocycles. The van der Waals surface area contributed by atoms with Crippen molar-refractivity contribution in [3.63, 3.8) is 0 Å². The number of benzene rings is 2. The number of rotatable bonds is 2. The molecule has 0 N–H and O–H groups in total. The zero-order chi connectivity index (χ0) is 10.8. The molecule has 3 rings (SSSR count). The van der Waals surface area contributed by atoms with Crippen LogP contribution < -0.4 is 0 Å². The SMILES string of the molecule is c1ccc(Sc2nc3ccccc3[se]2)cc1. The Hall–Kier alpha value is -1.02. The van der Waals surface area contributed by atoms with Gasteiger partial charge in [0.1, 0.15) is 0 Å². The van der Waals surface area contributed by atoms with E-state index in [0.29, 0.717) is 14.5 Å². The van der Waals surface area contributed by atoms with Crippen molar-refractivity contribution in [3.05, 3.63) is 54.6 Å². The summed E-state index contributed by atoms with van der Waals surface area (Å²) in [5, 5.41) is 0. The predicted molar refractivity (Wildman–Crippen MR) is 69.2 cm³/mol. The molecule has 0 aliphatic rings. The second kappa shape index (κ2) is 4.46. The van der Waals surface area contributed by atoms with Gasteiger partial charge in [0, 0.05) is 0 Å². The summed E-state index contributed by atoms with van der Waals surface area (Å²) in [6.07, 6.45) is 0. The van der Waals surface area contributed by atoms with E-state index in [1.165, 1.54) is 13.1 Å². The predicted octanol–water partition coefficient (Wildman–Crippen LogP) is 3.44. The van der Waals surface area contributed by atoms with Crippen LogP contribution in [0, 0.1) is 0 Å². The standard InChI is InChI=1S/C13H9NSSe/c1-2-6-10(7-3-1)15-13-14-11-8-4-5-9-12(11)16-13/h1-9H. The van der Waals surface area contributed by atoms with Gasteiger partial charge in [0.05, 0.1) is 0 Å². The number of para-hydroxylation sites is 1. The Morgan fingerprint density at radius 3 is 2.44 bits per heavy atom. The third-order valence-corrected chi connectivity index (χ3v) is 5.70. The summed E-state index contributed by atoms with van der Waals surface area (Å²) in [4.78, 5) is 5.93. The van der Waals surface area contributed by atoms with Gasteiger partial charge in [0.15, 0.2) is 0 Å². The van der Waals surface area contributed by atoms with Crippen molar-refractivity contribution in [3.8, 4) is 0 Å². The van der Waals surface area contributed by atoms with Gasteiger partial charge in [0.25, 0.3) is 0 Å². The van der Waals surface area contributed by atoms with Gasteiger partial charge in [-0.05, 0) is 0 Å².